The molecule has 1 aliphatic carbocycles. The molecule has 5 nitrogen and oxygen atoms in total. The van der Waals surface area contributed by atoms with E-state index in [0.717, 1.165) is 50.2 Å². The van der Waals surface area contributed by atoms with Crippen molar-refractivity contribution in [3.8, 4) is 11.3 Å². The molecule has 2 heterocycles. The molecule has 0 bridgehead atoms. The molecule has 0 unspecified atom stereocenters. The average Bonchev–Trinajstić information content (AvgIpc) is 3.03. The summed E-state index contributed by atoms with van der Waals surface area (Å²) in [7, 11) is 0. The summed E-state index contributed by atoms with van der Waals surface area (Å²) in [5, 5.41) is 3.30. The number of carbonyl (C=O) groups excluding carboxylic acids is 1. The standard InChI is InChI=1S/C23H29FN4O/c24-19-7-5-6-18(14-19)21-15-22(26-16-25-21)28-12-10-17(11-13-28)23(29)27-20-8-3-1-2-4-9-20/h5-7,14-17,20H,1-4,8-13H2,(H,27,29). The number of nitrogens with zero attached hydrogens (tertiary/aromatic N) is 3. The topological polar surface area (TPSA) is 58.1 Å². The highest BCUT2D eigenvalue weighted by atomic mass is 19.1. The number of amides is 1. The Morgan fingerprint density at radius 2 is 1.76 bits per heavy atom. The van der Waals surface area contributed by atoms with Crippen molar-refractivity contribution in [3.05, 3.63) is 42.5 Å². The lowest BCUT2D eigenvalue weighted by atomic mass is 9.95. The molecule has 4 rings (SSSR count). The van der Waals surface area contributed by atoms with Crippen LogP contribution in [0.4, 0.5) is 10.2 Å². The molecular formula is C23H29FN4O. The zero-order valence-corrected chi connectivity index (χ0v) is 16.8. The Bertz CT molecular complexity index is 827. The van der Waals surface area contributed by atoms with Crippen LogP contribution in [0, 0.1) is 11.7 Å². The smallest absolute Gasteiger partial charge is 0.223 e. The molecule has 2 fully saturated rings. The summed E-state index contributed by atoms with van der Waals surface area (Å²) in [5.41, 5.74) is 1.45. The van der Waals surface area contributed by atoms with Crippen molar-refractivity contribution in [2.45, 2.75) is 57.4 Å². The van der Waals surface area contributed by atoms with Crippen LogP contribution in [0.25, 0.3) is 11.3 Å². The molecule has 0 radical (unpaired) electrons. The monoisotopic (exact) mass is 396 g/mol. The van der Waals surface area contributed by atoms with Gasteiger partial charge in [0.15, 0.2) is 0 Å². The van der Waals surface area contributed by atoms with Crippen LogP contribution in [-0.4, -0.2) is 35.0 Å². The normalized spacial score (nSPS) is 19.0. The molecule has 0 atom stereocenters. The summed E-state index contributed by atoms with van der Waals surface area (Å²) in [6, 6.07) is 8.70. The van der Waals surface area contributed by atoms with E-state index in [1.165, 1.54) is 44.1 Å². The largest absolute Gasteiger partial charge is 0.356 e. The number of anilines is 1. The third-order valence-electron chi connectivity index (χ3n) is 6.16. The van der Waals surface area contributed by atoms with Crippen LogP contribution in [0.15, 0.2) is 36.7 Å². The maximum absolute atomic E-state index is 13.5. The minimum absolute atomic E-state index is 0.0824. The molecule has 1 saturated carbocycles. The molecule has 29 heavy (non-hydrogen) atoms. The molecule has 1 aliphatic heterocycles. The maximum atomic E-state index is 13.5. The van der Waals surface area contributed by atoms with Gasteiger partial charge in [-0.15, -0.1) is 0 Å². The van der Waals surface area contributed by atoms with E-state index in [1.54, 1.807) is 6.07 Å². The molecule has 2 aromatic rings. The number of halogens is 1. The van der Waals surface area contributed by atoms with Crippen molar-refractivity contribution < 1.29 is 9.18 Å². The number of piperidine rings is 1. The Labute approximate surface area is 171 Å². The predicted octanol–water partition coefficient (Wildman–Crippen LogP) is 4.34. The summed E-state index contributed by atoms with van der Waals surface area (Å²) in [5.74, 6) is 0.865. The third-order valence-corrected chi connectivity index (χ3v) is 6.16. The van der Waals surface area contributed by atoms with Gasteiger partial charge >= 0.3 is 0 Å². The summed E-state index contributed by atoms with van der Waals surface area (Å²) < 4.78 is 13.5. The Kier molecular flexibility index (Phi) is 6.37. The molecular weight excluding hydrogens is 367 g/mol. The highest BCUT2D eigenvalue weighted by molar-refractivity contribution is 5.79. The van der Waals surface area contributed by atoms with E-state index in [1.807, 2.05) is 12.1 Å². The van der Waals surface area contributed by atoms with Crippen molar-refractivity contribution in [2.24, 2.45) is 5.92 Å². The van der Waals surface area contributed by atoms with Crippen LogP contribution in [0.2, 0.25) is 0 Å². The minimum Gasteiger partial charge on any atom is -0.356 e. The first-order valence-electron chi connectivity index (χ1n) is 10.8. The third kappa shape index (κ3) is 5.11. The number of rotatable bonds is 4. The second kappa shape index (κ2) is 9.33. The summed E-state index contributed by atoms with van der Waals surface area (Å²) in [6.07, 6.45) is 10.5. The van der Waals surface area contributed by atoms with E-state index in [2.05, 4.69) is 20.2 Å². The van der Waals surface area contributed by atoms with Gasteiger partial charge in [0.25, 0.3) is 0 Å². The number of benzene rings is 1. The van der Waals surface area contributed by atoms with Gasteiger partial charge in [-0.2, -0.15) is 0 Å². The fraction of sp³-hybridized carbons (Fsp3) is 0.522. The van der Waals surface area contributed by atoms with E-state index in [9.17, 15) is 9.18 Å². The first-order valence-corrected chi connectivity index (χ1v) is 10.8. The van der Waals surface area contributed by atoms with Crippen LogP contribution >= 0.6 is 0 Å². The van der Waals surface area contributed by atoms with Crippen LogP contribution < -0.4 is 10.2 Å². The Morgan fingerprint density at radius 3 is 2.48 bits per heavy atom. The first-order chi connectivity index (χ1) is 14.2. The van der Waals surface area contributed by atoms with Gasteiger partial charge < -0.3 is 10.2 Å². The predicted molar refractivity (Wildman–Crippen MR) is 112 cm³/mol. The van der Waals surface area contributed by atoms with Crippen molar-refractivity contribution in [1.82, 2.24) is 15.3 Å². The second-order valence-electron chi connectivity index (χ2n) is 8.23. The number of carbonyl (C=O) groups is 1. The quantitative estimate of drug-likeness (QED) is 0.781. The zero-order valence-electron chi connectivity index (χ0n) is 16.8. The average molecular weight is 397 g/mol. The number of hydrogen-bond donors (Lipinski definition) is 1. The molecule has 0 spiro atoms. The van der Waals surface area contributed by atoms with E-state index < -0.39 is 0 Å². The second-order valence-corrected chi connectivity index (χ2v) is 8.23. The van der Waals surface area contributed by atoms with Crippen LogP contribution in [0.3, 0.4) is 0 Å². The van der Waals surface area contributed by atoms with E-state index >= 15 is 0 Å². The van der Waals surface area contributed by atoms with Gasteiger partial charge in [0, 0.05) is 36.7 Å². The zero-order chi connectivity index (χ0) is 20.1. The maximum Gasteiger partial charge on any atom is 0.223 e. The van der Waals surface area contributed by atoms with Gasteiger partial charge in [0.05, 0.1) is 5.69 Å². The number of nitrogens with one attached hydrogen (secondary N) is 1. The van der Waals surface area contributed by atoms with Crippen LogP contribution in [0.5, 0.6) is 0 Å². The molecule has 2 aliphatic rings. The number of hydrogen-bond acceptors (Lipinski definition) is 4. The fourth-order valence-electron chi connectivity index (χ4n) is 4.44. The van der Waals surface area contributed by atoms with Gasteiger partial charge in [-0.05, 0) is 37.8 Å². The van der Waals surface area contributed by atoms with Crippen molar-refractivity contribution in [1.29, 1.82) is 0 Å². The van der Waals surface area contributed by atoms with Gasteiger partial charge in [-0.25, -0.2) is 14.4 Å². The summed E-state index contributed by atoms with van der Waals surface area (Å²) in [6.45, 7) is 1.59. The molecule has 154 valence electrons. The van der Waals surface area contributed by atoms with Crippen LogP contribution in [-0.2, 0) is 4.79 Å². The highest BCUT2D eigenvalue weighted by Gasteiger charge is 2.27. The first kappa shape index (κ1) is 19.8. The lowest BCUT2D eigenvalue weighted by molar-refractivity contribution is -0.126. The SMILES string of the molecule is O=C(NC1CCCCCC1)C1CCN(c2cc(-c3cccc(F)c3)ncn2)CC1. The van der Waals surface area contributed by atoms with E-state index in [4.69, 9.17) is 0 Å². The molecule has 1 amide bonds. The van der Waals surface area contributed by atoms with Crippen LogP contribution in [0.1, 0.15) is 51.4 Å². The molecule has 1 aromatic heterocycles. The Hall–Kier alpha value is -2.50. The van der Waals surface area contributed by atoms with E-state index in [-0.39, 0.29) is 17.6 Å². The van der Waals surface area contributed by atoms with Gasteiger partial charge in [-0.1, -0.05) is 37.8 Å². The van der Waals surface area contributed by atoms with Crippen molar-refractivity contribution in [2.75, 3.05) is 18.0 Å². The molecule has 1 aromatic carbocycles. The number of aromatic nitrogens is 2. The summed E-state index contributed by atoms with van der Waals surface area (Å²) >= 11 is 0. The van der Waals surface area contributed by atoms with Gasteiger partial charge in [0.1, 0.15) is 18.0 Å². The van der Waals surface area contributed by atoms with E-state index in [0.29, 0.717) is 11.7 Å². The van der Waals surface area contributed by atoms with Crippen molar-refractivity contribution >= 4 is 11.7 Å². The molecule has 1 saturated heterocycles. The fourth-order valence-corrected chi connectivity index (χ4v) is 4.44. The minimum atomic E-state index is -0.275. The Morgan fingerprint density at radius 1 is 1.00 bits per heavy atom. The highest BCUT2D eigenvalue weighted by Crippen LogP contribution is 2.26. The Balaban J connectivity index is 1.34. The lowest BCUT2D eigenvalue weighted by Gasteiger charge is -2.33. The lowest BCUT2D eigenvalue weighted by Crippen LogP contribution is -2.44. The molecule has 1 N–H and O–H groups in total. The summed E-state index contributed by atoms with van der Waals surface area (Å²) in [4.78, 5) is 23.6. The van der Waals surface area contributed by atoms with Crippen molar-refractivity contribution in [3.63, 3.8) is 0 Å². The van der Waals surface area contributed by atoms with Gasteiger partial charge in [0.2, 0.25) is 5.91 Å². The van der Waals surface area contributed by atoms with Gasteiger partial charge in [-0.3, -0.25) is 4.79 Å². The molecule has 6 heteroatoms.